The number of benzene rings is 2. The summed E-state index contributed by atoms with van der Waals surface area (Å²) in [6, 6.07) is 5.36. The first-order valence-corrected chi connectivity index (χ1v) is 12.6. The lowest BCUT2D eigenvalue weighted by atomic mass is 9.98. The van der Waals surface area contributed by atoms with E-state index in [1.165, 1.54) is 6.07 Å². The van der Waals surface area contributed by atoms with Gasteiger partial charge in [0.15, 0.2) is 29.6 Å². The largest absolute Gasteiger partial charge is 1.00 e. The Morgan fingerprint density at radius 1 is 0.791 bits per heavy atom. The molecule has 2 aliphatic rings. The molecule has 3 aromatic rings. The Labute approximate surface area is 247 Å². The third-order valence-electron chi connectivity index (χ3n) is 6.96. The normalized spacial score (nSPS) is 31.0. The van der Waals surface area contributed by atoms with Gasteiger partial charge >= 0.3 is 11.3 Å². The summed E-state index contributed by atoms with van der Waals surface area (Å²) >= 11 is 0. The fourth-order valence-corrected chi connectivity index (χ4v) is 4.68. The molecule has 0 aliphatic carbocycles. The number of phenolic OH excluding ortho intramolecular Hbond substituents is 5. The number of fused-ring (bicyclic) bond motifs is 1. The van der Waals surface area contributed by atoms with E-state index in [4.69, 9.17) is 23.4 Å². The second-order valence-electron chi connectivity index (χ2n) is 9.86. The number of aromatic hydroxyl groups is 5. The van der Waals surface area contributed by atoms with Crippen molar-refractivity contribution in [1.29, 1.82) is 0 Å². The zero-order valence-corrected chi connectivity index (χ0v) is 22.6. The molecule has 43 heavy (non-hydrogen) atoms. The highest BCUT2D eigenvalue weighted by Crippen LogP contribution is 2.45. The number of phenols is 5. The highest BCUT2D eigenvalue weighted by Gasteiger charge is 2.50. The highest BCUT2D eigenvalue weighted by molar-refractivity contribution is 5.88. The number of aliphatic hydroxyl groups is 6. The lowest BCUT2D eigenvalue weighted by Gasteiger charge is -2.44. The van der Waals surface area contributed by atoms with Gasteiger partial charge in [-0.15, -0.1) is 0 Å². The Balaban J connectivity index is 0.00000423. The van der Waals surface area contributed by atoms with Gasteiger partial charge in [-0.25, -0.2) is 4.42 Å². The SMILES string of the molecule is OC[C@H]1O[C@@H](Oc2cc3c(O)cc(O)cc3[o+]c2-c2cc(O)c(O)c(O)c2)[C@H](O[C@@H]2OC[C@@H](O)[C@H](O)[C@H]2O)[C@@H](O)[C@@H]1O.[Cl-]. The highest BCUT2D eigenvalue weighted by atomic mass is 35.5. The van der Waals surface area contributed by atoms with Gasteiger partial charge in [-0.1, -0.05) is 0 Å². The summed E-state index contributed by atoms with van der Waals surface area (Å²) in [4.78, 5) is 0. The molecule has 3 heterocycles. The number of hydrogen-bond acceptors (Lipinski definition) is 15. The maximum absolute atomic E-state index is 10.9. The maximum atomic E-state index is 10.9. The van der Waals surface area contributed by atoms with Crippen LogP contribution in [-0.2, 0) is 14.2 Å². The van der Waals surface area contributed by atoms with E-state index in [-0.39, 0.29) is 46.2 Å². The summed E-state index contributed by atoms with van der Waals surface area (Å²) in [5.41, 5.74) is -0.174. The summed E-state index contributed by atoms with van der Waals surface area (Å²) in [6.07, 6.45) is -15.0. The quantitative estimate of drug-likeness (QED) is 0.0903. The molecule has 9 atom stereocenters. The zero-order valence-electron chi connectivity index (χ0n) is 21.8. The van der Waals surface area contributed by atoms with Crippen molar-refractivity contribution >= 4 is 11.0 Å². The van der Waals surface area contributed by atoms with E-state index in [1.807, 2.05) is 0 Å². The molecule has 0 radical (unpaired) electrons. The first-order chi connectivity index (χ1) is 19.9. The Hall–Kier alpha value is -3.42. The van der Waals surface area contributed by atoms with Gasteiger partial charge in [0.25, 0.3) is 0 Å². The standard InChI is InChI=1S/C26H28O16.ClH/c27-6-17-20(35)21(36)24(42-25-22(37)19(34)14(32)7-38-25)26(41-17)40-16-5-10-11(29)3-9(28)4-15(10)39-23(16)8-1-12(30)18(33)13(31)2-8;/h1-5,14,17,19-22,24-27,32,34-37H,6-7H2,(H4-,28,29,30,31,33);1H/t14-,17-,19+,20-,21+,22-,24-,25+,26-;/m1./s1. The second kappa shape index (κ2) is 12.7. The van der Waals surface area contributed by atoms with Crippen molar-refractivity contribution in [3.05, 3.63) is 30.3 Å². The number of halogens is 1. The second-order valence-corrected chi connectivity index (χ2v) is 9.86. The third-order valence-corrected chi connectivity index (χ3v) is 6.96. The van der Waals surface area contributed by atoms with Gasteiger partial charge in [0.2, 0.25) is 12.0 Å². The van der Waals surface area contributed by atoms with Crippen LogP contribution in [0.2, 0.25) is 0 Å². The molecule has 17 heteroatoms. The van der Waals surface area contributed by atoms with Crippen LogP contribution in [0.5, 0.6) is 34.5 Å². The molecule has 11 N–H and O–H groups in total. The van der Waals surface area contributed by atoms with Gasteiger partial charge in [0.1, 0.15) is 53.5 Å². The van der Waals surface area contributed by atoms with E-state index in [0.29, 0.717) is 0 Å². The first-order valence-electron chi connectivity index (χ1n) is 12.6. The minimum absolute atomic E-state index is 0. The monoisotopic (exact) mass is 632 g/mol. The van der Waals surface area contributed by atoms with E-state index in [9.17, 15) is 56.2 Å². The van der Waals surface area contributed by atoms with Crippen LogP contribution in [0.25, 0.3) is 22.3 Å². The molecule has 2 fully saturated rings. The number of hydrogen-bond donors (Lipinski definition) is 11. The van der Waals surface area contributed by atoms with Crippen molar-refractivity contribution in [2.45, 2.75) is 55.3 Å². The minimum atomic E-state index is -1.84. The average Bonchev–Trinajstić information content (AvgIpc) is 2.95. The number of ether oxygens (including phenoxy) is 4. The van der Waals surface area contributed by atoms with Crippen LogP contribution in [0.4, 0.5) is 0 Å². The number of aliphatic hydroxyl groups excluding tert-OH is 6. The lowest BCUT2D eigenvalue weighted by Crippen LogP contribution is -3.00. The van der Waals surface area contributed by atoms with E-state index in [1.54, 1.807) is 0 Å². The maximum Gasteiger partial charge on any atom is 0.402 e. The Bertz CT molecular complexity index is 1430. The van der Waals surface area contributed by atoms with Gasteiger partial charge in [-0.05, 0) is 0 Å². The molecule has 236 valence electrons. The van der Waals surface area contributed by atoms with Crippen LogP contribution in [0.3, 0.4) is 0 Å². The van der Waals surface area contributed by atoms with E-state index >= 15 is 0 Å². The van der Waals surface area contributed by atoms with Crippen LogP contribution in [0, 0.1) is 0 Å². The van der Waals surface area contributed by atoms with E-state index < -0.39 is 91.5 Å². The van der Waals surface area contributed by atoms with Crippen LogP contribution < -0.4 is 17.1 Å². The fraction of sp³-hybridized carbons (Fsp3) is 0.423. The Morgan fingerprint density at radius 2 is 1.47 bits per heavy atom. The molecule has 2 aliphatic heterocycles. The predicted molar refractivity (Wildman–Crippen MR) is 135 cm³/mol. The molecular weight excluding hydrogens is 604 g/mol. The van der Waals surface area contributed by atoms with Crippen molar-refractivity contribution in [3.63, 3.8) is 0 Å². The summed E-state index contributed by atoms with van der Waals surface area (Å²) in [6.45, 7) is -1.24. The molecule has 2 saturated heterocycles. The first kappa shape index (κ1) is 32.5. The summed E-state index contributed by atoms with van der Waals surface area (Å²) in [7, 11) is 0. The summed E-state index contributed by atoms with van der Waals surface area (Å²) in [5.74, 6) is -3.71. The summed E-state index contributed by atoms with van der Waals surface area (Å²) < 4.78 is 28.3. The van der Waals surface area contributed by atoms with Crippen molar-refractivity contribution in [2.75, 3.05) is 13.2 Å². The topological polar surface area (TPSA) is 271 Å². The van der Waals surface area contributed by atoms with E-state index in [2.05, 4.69) is 0 Å². The van der Waals surface area contributed by atoms with Crippen LogP contribution in [0.15, 0.2) is 34.7 Å². The van der Waals surface area contributed by atoms with Crippen molar-refractivity contribution in [1.82, 2.24) is 0 Å². The van der Waals surface area contributed by atoms with Crippen LogP contribution in [-0.4, -0.2) is 125 Å². The molecule has 0 amide bonds. The summed E-state index contributed by atoms with van der Waals surface area (Å²) in [5, 5.41) is 112. The van der Waals surface area contributed by atoms with Gasteiger partial charge in [0.05, 0.1) is 24.8 Å². The van der Waals surface area contributed by atoms with Gasteiger partial charge in [-0.3, -0.25) is 0 Å². The smallest absolute Gasteiger partial charge is 0.402 e. The Kier molecular flexibility index (Phi) is 9.57. The third kappa shape index (κ3) is 6.16. The van der Waals surface area contributed by atoms with Crippen molar-refractivity contribution in [2.24, 2.45) is 0 Å². The molecule has 0 spiro atoms. The van der Waals surface area contributed by atoms with Crippen LogP contribution in [0.1, 0.15) is 0 Å². The molecular formula is C26H29ClO16. The molecule has 0 saturated carbocycles. The van der Waals surface area contributed by atoms with Crippen molar-refractivity contribution in [3.8, 4) is 45.8 Å². The van der Waals surface area contributed by atoms with Gasteiger partial charge < -0.3 is 87.5 Å². The zero-order chi connectivity index (χ0) is 30.5. The molecule has 1 aromatic heterocycles. The molecule has 0 unspecified atom stereocenters. The minimum Gasteiger partial charge on any atom is -1.00 e. The molecule has 5 rings (SSSR count). The predicted octanol–water partition coefficient (Wildman–Crippen LogP) is -4.45. The molecule has 0 bridgehead atoms. The van der Waals surface area contributed by atoms with Gasteiger partial charge in [-0.2, -0.15) is 0 Å². The Morgan fingerprint density at radius 3 is 2.12 bits per heavy atom. The van der Waals surface area contributed by atoms with Crippen LogP contribution >= 0.6 is 0 Å². The molecule has 2 aromatic carbocycles. The lowest BCUT2D eigenvalue weighted by molar-refractivity contribution is -0.344. The number of rotatable bonds is 6. The van der Waals surface area contributed by atoms with Crippen molar-refractivity contribution < 1.29 is 91.9 Å². The van der Waals surface area contributed by atoms with E-state index in [0.717, 1.165) is 24.3 Å². The molecule has 16 nitrogen and oxygen atoms in total. The fourth-order valence-electron chi connectivity index (χ4n) is 4.68. The van der Waals surface area contributed by atoms with Gasteiger partial charge in [0, 0.05) is 24.3 Å². The average molecular weight is 633 g/mol.